The molecule has 0 saturated heterocycles. The number of ketones is 1. The summed E-state index contributed by atoms with van der Waals surface area (Å²) in [5.41, 5.74) is 1.07. The molecule has 0 aliphatic heterocycles. The quantitative estimate of drug-likeness (QED) is 0.581. The van der Waals surface area contributed by atoms with E-state index in [-0.39, 0.29) is 5.41 Å². The van der Waals surface area contributed by atoms with E-state index in [1.54, 1.807) is 0 Å². The Morgan fingerprint density at radius 1 is 1.29 bits per heavy atom. The summed E-state index contributed by atoms with van der Waals surface area (Å²) in [5, 5.41) is 0. The number of hydrogen-bond donors (Lipinski definition) is 0. The summed E-state index contributed by atoms with van der Waals surface area (Å²) in [6, 6.07) is 0. The molecule has 4 saturated carbocycles. The number of carbonyl (C=O) groups is 1. The van der Waals surface area contributed by atoms with E-state index in [1.165, 1.54) is 19.3 Å². The lowest BCUT2D eigenvalue weighted by molar-refractivity contribution is -0.148. The Kier molecular flexibility index (Phi) is 1.55. The van der Waals surface area contributed by atoms with E-state index in [9.17, 15) is 4.79 Å². The fourth-order valence-corrected chi connectivity index (χ4v) is 4.33. The van der Waals surface area contributed by atoms with Crippen molar-refractivity contribution in [3.05, 3.63) is 12.2 Å². The van der Waals surface area contributed by atoms with Gasteiger partial charge in [-0.05, 0) is 50.9 Å². The maximum absolute atomic E-state index is 12.3. The maximum Gasteiger partial charge on any atom is 0.146 e. The van der Waals surface area contributed by atoms with Gasteiger partial charge in [0.25, 0.3) is 0 Å². The molecule has 4 fully saturated rings. The molecule has 4 aliphatic rings. The number of Topliss-reactive ketones (excluding diaryl/α,β-unsaturated/α-hetero) is 1. The van der Waals surface area contributed by atoms with Crippen LogP contribution >= 0.6 is 0 Å². The van der Waals surface area contributed by atoms with Crippen LogP contribution in [0.2, 0.25) is 0 Å². The highest BCUT2D eigenvalue weighted by molar-refractivity contribution is 5.91. The second-order valence-electron chi connectivity index (χ2n) is 5.77. The number of carbonyl (C=O) groups excluding carboxylic acids is 1. The molecule has 76 valence electrons. The summed E-state index contributed by atoms with van der Waals surface area (Å²) < 4.78 is 0. The fraction of sp³-hybridized carbons (Fsp3) is 0.769. The molecule has 0 aromatic rings. The lowest BCUT2D eigenvalue weighted by Crippen LogP contribution is -2.53. The smallest absolute Gasteiger partial charge is 0.146 e. The summed E-state index contributed by atoms with van der Waals surface area (Å²) in [6.45, 7) is 6.14. The zero-order valence-corrected chi connectivity index (χ0v) is 8.88. The third-order valence-corrected chi connectivity index (χ3v) is 4.84. The lowest BCUT2D eigenvalue weighted by atomic mass is 9.47. The van der Waals surface area contributed by atoms with Gasteiger partial charge >= 0.3 is 0 Å². The standard InChI is InChI=1S/C13H18O/c1-8(2)13-6-9-3-10(7-13)5-11(4-9)12(13)14/h9-11H,1,3-7H2,2H3. The van der Waals surface area contributed by atoms with E-state index in [1.807, 2.05) is 0 Å². The zero-order valence-electron chi connectivity index (χ0n) is 8.88. The van der Waals surface area contributed by atoms with Gasteiger partial charge in [0, 0.05) is 5.92 Å². The van der Waals surface area contributed by atoms with Crippen molar-refractivity contribution in [3.63, 3.8) is 0 Å². The zero-order chi connectivity index (χ0) is 9.92. The molecule has 2 atom stereocenters. The average molecular weight is 190 g/mol. The molecular formula is C13H18O. The molecule has 0 aromatic carbocycles. The van der Waals surface area contributed by atoms with Crippen LogP contribution < -0.4 is 0 Å². The van der Waals surface area contributed by atoms with Gasteiger partial charge in [-0.2, -0.15) is 0 Å². The molecule has 2 unspecified atom stereocenters. The molecule has 4 bridgehead atoms. The molecule has 4 rings (SSSR count). The van der Waals surface area contributed by atoms with Crippen molar-refractivity contribution in [2.24, 2.45) is 23.2 Å². The Morgan fingerprint density at radius 2 is 1.86 bits per heavy atom. The van der Waals surface area contributed by atoms with Crippen LogP contribution in [0, 0.1) is 23.2 Å². The molecule has 1 heteroatoms. The highest BCUT2D eigenvalue weighted by atomic mass is 16.1. The van der Waals surface area contributed by atoms with Gasteiger partial charge in [-0.15, -0.1) is 0 Å². The third kappa shape index (κ3) is 0.884. The summed E-state index contributed by atoms with van der Waals surface area (Å²) in [5.74, 6) is 2.61. The van der Waals surface area contributed by atoms with Crippen LogP contribution in [0.3, 0.4) is 0 Å². The van der Waals surface area contributed by atoms with Crippen LogP contribution in [0.15, 0.2) is 12.2 Å². The number of allylic oxidation sites excluding steroid dienone is 1. The molecular weight excluding hydrogens is 172 g/mol. The van der Waals surface area contributed by atoms with Gasteiger partial charge < -0.3 is 0 Å². The van der Waals surface area contributed by atoms with Crippen LogP contribution in [-0.4, -0.2) is 5.78 Å². The summed E-state index contributed by atoms with van der Waals surface area (Å²) >= 11 is 0. The maximum atomic E-state index is 12.3. The van der Waals surface area contributed by atoms with E-state index in [0.29, 0.717) is 11.7 Å². The van der Waals surface area contributed by atoms with E-state index in [4.69, 9.17) is 0 Å². The predicted molar refractivity (Wildman–Crippen MR) is 55.8 cm³/mol. The van der Waals surface area contributed by atoms with Crippen molar-refractivity contribution < 1.29 is 4.79 Å². The number of rotatable bonds is 1. The van der Waals surface area contributed by atoms with Crippen LogP contribution in [-0.2, 0) is 4.79 Å². The Labute approximate surface area is 85.6 Å². The van der Waals surface area contributed by atoms with Crippen molar-refractivity contribution in [3.8, 4) is 0 Å². The Morgan fingerprint density at radius 3 is 2.36 bits per heavy atom. The molecule has 0 spiro atoms. The first-order valence-corrected chi connectivity index (χ1v) is 5.82. The van der Waals surface area contributed by atoms with E-state index in [0.717, 1.165) is 30.3 Å². The van der Waals surface area contributed by atoms with Crippen LogP contribution in [0.5, 0.6) is 0 Å². The second-order valence-corrected chi connectivity index (χ2v) is 5.77. The SMILES string of the molecule is C=C(C)C12CC3CC(CC(C3)C1=O)C2. The average Bonchev–Trinajstić information content (AvgIpc) is 2.12. The van der Waals surface area contributed by atoms with Gasteiger partial charge in [-0.3, -0.25) is 4.79 Å². The van der Waals surface area contributed by atoms with Gasteiger partial charge in [0.1, 0.15) is 5.78 Å². The molecule has 0 amide bonds. The van der Waals surface area contributed by atoms with E-state index in [2.05, 4.69) is 13.5 Å². The van der Waals surface area contributed by atoms with Gasteiger partial charge in [0.2, 0.25) is 0 Å². The van der Waals surface area contributed by atoms with Crippen molar-refractivity contribution in [1.82, 2.24) is 0 Å². The lowest BCUT2D eigenvalue weighted by Gasteiger charge is -2.55. The summed E-state index contributed by atoms with van der Waals surface area (Å²) in [6.07, 6.45) is 6.00. The van der Waals surface area contributed by atoms with Gasteiger partial charge in [0.05, 0.1) is 5.41 Å². The minimum atomic E-state index is -0.0747. The minimum Gasteiger partial charge on any atom is -0.298 e. The Balaban J connectivity index is 2.05. The molecule has 1 nitrogen and oxygen atoms in total. The van der Waals surface area contributed by atoms with E-state index >= 15 is 0 Å². The van der Waals surface area contributed by atoms with Crippen molar-refractivity contribution >= 4 is 5.78 Å². The molecule has 0 N–H and O–H groups in total. The number of hydrogen-bond acceptors (Lipinski definition) is 1. The molecule has 0 heterocycles. The van der Waals surface area contributed by atoms with Gasteiger partial charge in [-0.25, -0.2) is 0 Å². The van der Waals surface area contributed by atoms with Crippen LogP contribution in [0.4, 0.5) is 0 Å². The summed E-state index contributed by atoms with van der Waals surface area (Å²) in [4.78, 5) is 12.3. The molecule has 14 heavy (non-hydrogen) atoms. The predicted octanol–water partition coefficient (Wildman–Crippen LogP) is 2.96. The van der Waals surface area contributed by atoms with Crippen LogP contribution in [0.1, 0.15) is 39.0 Å². The minimum absolute atomic E-state index is 0.0747. The van der Waals surface area contributed by atoms with E-state index < -0.39 is 0 Å². The Bertz CT molecular complexity index is 301. The largest absolute Gasteiger partial charge is 0.298 e. The fourth-order valence-electron chi connectivity index (χ4n) is 4.33. The van der Waals surface area contributed by atoms with Crippen molar-refractivity contribution in [2.45, 2.75) is 39.0 Å². The van der Waals surface area contributed by atoms with Crippen molar-refractivity contribution in [2.75, 3.05) is 0 Å². The van der Waals surface area contributed by atoms with Gasteiger partial charge in [0.15, 0.2) is 0 Å². The summed E-state index contributed by atoms with van der Waals surface area (Å²) in [7, 11) is 0. The highest BCUT2D eigenvalue weighted by Crippen LogP contribution is 2.60. The Hall–Kier alpha value is -0.590. The first kappa shape index (κ1) is 8.70. The third-order valence-electron chi connectivity index (χ3n) is 4.84. The molecule has 0 aromatic heterocycles. The van der Waals surface area contributed by atoms with Crippen LogP contribution in [0.25, 0.3) is 0 Å². The van der Waals surface area contributed by atoms with Gasteiger partial charge in [-0.1, -0.05) is 12.2 Å². The molecule has 4 aliphatic carbocycles. The van der Waals surface area contributed by atoms with Crippen molar-refractivity contribution in [1.29, 1.82) is 0 Å². The molecule has 0 radical (unpaired) electrons. The second kappa shape index (κ2) is 2.50. The first-order chi connectivity index (χ1) is 6.62. The first-order valence-electron chi connectivity index (χ1n) is 5.82. The highest BCUT2D eigenvalue weighted by Gasteiger charge is 2.56. The normalized spacial score (nSPS) is 49.8. The topological polar surface area (TPSA) is 17.1 Å². The monoisotopic (exact) mass is 190 g/mol.